The van der Waals surface area contributed by atoms with Gasteiger partial charge in [-0.15, -0.1) is 0 Å². The van der Waals surface area contributed by atoms with Gasteiger partial charge in [0.05, 0.1) is 19.8 Å². The van der Waals surface area contributed by atoms with Gasteiger partial charge in [-0.2, -0.15) is 0 Å². The summed E-state index contributed by atoms with van der Waals surface area (Å²) in [6, 6.07) is 0. The highest BCUT2D eigenvalue weighted by Gasteiger charge is 2.39. The van der Waals surface area contributed by atoms with E-state index in [4.69, 9.17) is 14.2 Å². The quantitative estimate of drug-likeness (QED) is 0.359. The van der Waals surface area contributed by atoms with Crippen LogP contribution in [0.3, 0.4) is 0 Å². The van der Waals surface area contributed by atoms with Gasteiger partial charge in [-0.1, -0.05) is 12.2 Å². The SMILES string of the molecule is C=C(C)COC(C)OCC1(C)CO1. The van der Waals surface area contributed by atoms with E-state index in [-0.39, 0.29) is 11.9 Å². The maximum Gasteiger partial charge on any atom is 0.155 e. The molecule has 0 amide bonds. The Morgan fingerprint density at radius 2 is 2.23 bits per heavy atom. The van der Waals surface area contributed by atoms with Crippen LogP contribution in [0, 0.1) is 0 Å². The third-order valence-corrected chi connectivity index (χ3v) is 1.82. The van der Waals surface area contributed by atoms with Crippen LogP contribution in [-0.4, -0.2) is 31.7 Å². The summed E-state index contributed by atoms with van der Waals surface area (Å²) >= 11 is 0. The lowest BCUT2D eigenvalue weighted by atomic mass is 10.2. The fourth-order valence-corrected chi connectivity index (χ4v) is 0.808. The van der Waals surface area contributed by atoms with Crippen molar-refractivity contribution in [2.24, 2.45) is 0 Å². The monoisotopic (exact) mass is 186 g/mol. The van der Waals surface area contributed by atoms with Gasteiger partial charge in [0, 0.05) is 0 Å². The smallest absolute Gasteiger partial charge is 0.155 e. The summed E-state index contributed by atoms with van der Waals surface area (Å²) in [4.78, 5) is 0. The van der Waals surface area contributed by atoms with E-state index >= 15 is 0 Å². The van der Waals surface area contributed by atoms with E-state index in [9.17, 15) is 0 Å². The Balaban J connectivity index is 2.03. The van der Waals surface area contributed by atoms with Gasteiger partial charge in [-0.3, -0.25) is 0 Å². The minimum atomic E-state index is -0.183. The first-order chi connectivity index (χ1) is 6.02. The van der Waals surface area contributed by atoms with E-state index < -0.39 is 0 Å². The molecule has 1 rings (SSSR count). The van der Waals surface area contributed by atoms with Gasteiger partial charge in [0.1, 0.15) is 5.60 Å². The third kappa shape index (κ3) is 4.41. The summed E-state index contributed by atoms with van der Waals surface area (Å²) in [6.07, 6.45) is -0.183. The lowest BCUT2D eigenvalue weighted by molar-refractivity contribution is -0.133. The highest BCUT2D eigenvalue weighted by molar-refractivity contribution is 4.88. The van der Waals surface area contributed by atoms with Crippen LogP contribution in [0.5, 0.6) is 0 Å². The number of ether oxygens (including phenoxy) is 3. The van der Waals surface area contributed by atoms with Crippen molar-refractivity contribution in [1.82, 2.24) is 0 Å². The van der Waals surface area contributed by atoms with E-state index in [2.05, 4.69) is 6.58 Å². The zero-order chi connectivity index (χ0) is 9.90. The summed E-state index contributed by atoms with van der Waals surface area (Å²) in [5, 5.41) is 0. The van der Waals surface area contributed by atoms with Crippen LogP contribution in [0.15, 0.2) is 12.2 Å². The zero-order valence-corrected chi connectivity index (χ0v) is 8.63. The van der Waals surface area contributed by atoms with Crippen LogP contribution in [0.4, 0.5) is 0 Å². The van der Waals surface area contributed by atoms with Gasteiger partial charge in [-0.25, -0.2) is 0 Å². The largest absolute Gasteiger partial charge is 0.367 e. The van der Waals surface area contributed by atoms with Crippen LogP contribution in [0.25, 0.3) is 0 Å². The van der Waals surface area contributed by atoms with Crippen LogP contribution in [-0.2, 0) is 14.2 Å². The highest BCUT2D eigenvalue weighted by atomic mass is 16.7. The molecule has 76 valence electrons. The van der Waals surface area contributed by atoms with Crippen molar-refractivity contribution in [3.05, 3.63) is 12.2 Å². The maximum atomic E-state index is 5.43. The molecule has 1 heterocycles. The summed E-state index contributed by atoms with van der Waals surface area (Å²) in [5.41, 5.74) is 0.949. The van der Waals surface area contributed by atoms with E-state index in [1.165, 1.54) is 0 Å². The Morgan fingerprint density at radius 3 is 2.69 bits per heavy atom. The van der Waals surface area contributed by atoms with E-state index in [0.29, 0.717) is 13.2 Å². The average Bonchev–Trinajstić information content (AvgIpc) is 2.77. The molecular formula is C10H18O3. The molecule has 0 spiro atoms. The molecule has 2 unspecified atom stereocenters. The van der Waals surface area contributed by atoms with Crippen molar-refractivity contribution in [2.45, 2.75) is 32.7 Å². The normalized spacial score (nSPS) is 28.5. The second kappa shape index (κ2) is 4.22. The molecule has 0 aromatic heterocycles. The van der Waals surface area contributed by atoms with Gasteiger partial charge in [0.15, 0.2) is 6.29 Å². The number of hydrogen-bond donors (Lipinski definition) is 0. The molecule has 1 aliphatic rings. The summed E-state index contributed by atoms with van der Waals surface area (Å²) in [5.74, 6) is 0. The molecule has 1 aliphatic heterocycles. The molecule has 0 aliphatic carbocycles. The van der Waals surface area contributed by atoms with Gasteiger partial charge in [-0.05, 0) is 20.8 Å². The Labute approximate surface area is 79.7 Å². The molecule has 0 radical (unpaired) electrons. The predicted octanol–water partition coefficient (Wildman–Crippen LogP) is 1.73. The fourth-order valence-electron chi connectivity index (χ4n) is 0.808. The van der Waals surface area contributed by atoms with Gasteiger partial charge < -0.3 is 14.2 Å². The molecule has 1 fully saturated rings. The molecule has 3 nitrogen and oxygen atoms in total. The first-order valence-corrected chi connectivity index (χ1v) is 4.53. The zero-order valence-electron chi connectivity index (χ0n) is 8.63. The minimum absolute atomic E-state index is 0.0547. The van der Waals surface area contributed by atoms with Crippen LogP contribution >= 0.6 is 0 Å². The van der Waals surface area contributed by atoms with Crippen LogP contribution in [0.2, 0.25) is 0 Å². The van der Waals surface area contributed by atoms with Gasteiger partial charge >= 0.3 is 0 Å². The van der Waals surface area contributed by atoms with Crippen molar-refractivity contribution in [2.75, 3.05) is 19.8 Å². The molecule has 0 N–H and O–H groups in total. The number of rotatable bonds is 6. The average molecular weight is 186 g/mol. The highest BCUT2D eigenvalue weighted by Crippen LogP contribution is 2.26. The standard InChI is InChI=1S/C10H18O3/c1-8(2)5-11-9(3)12-6-10(4)7-13-10/h9H,1,5-7H2,2-4H3. The second-order valence-electron chi connectivity index (χ2n) is 3.89. The summed E-state index contributed by atoms with van der Waals surface area (Å²) in [6.45, 7) is 11.5. The third-order valence-electron chi connectivity index (χ3n) is 1.82. The molecule has 0 aromatic rings. The minimum Gasteiger partial charge on any atom is -0.367 e. The Kier molecular flexibility index (Phi) is 3.47. The maximum absolute atomic E-state index is 5.43. The molecule has 2 atom stereocenters. The number of hydrogen-bond acceptors (Lipinski definition) is 3. The lowest BCUT2D eigenvalue weighted by Crippen LogP contribution is -2.22. The molecule has 1 saturated heterocycles. The van der Waals surface area contributed by atoms with Crippen molar-refractivity contribution >= 4 is 0 Å². The van der Waals surface area contributed by atoms with Gasteiger partial charge in [0.25, 0.3) is 0 Å². The molecule has 0 saturated carbocycles. The van der Waals surface area contributed by atoms with E-state index in [0.717, 1.165) is 12.2 Å². The Hall–Kier alpha value is -0.380. The summed E-state index contributed by atoms with van der Waals surface area (Å²) < 4.78 is 16.0. The van der Waals surface area contributed by atoms with Crippen molar-refractivity contribution < 1.29 is 14.2 Å². The van der Waals surface area contributed by atoms with Crippen molar-refractivity contribution in [3.63, 3.8) is 0 Å². The van der Waals surface area contributed by atoms with Crippen molar-refractivity contribution in [1.29, 1.82) is 0 Å². The lowest BCUT2D eigenvalue weighted by Gasteiger charge is -2.15. The first kappa shape index (κ1) is 10.7. The van der Waals surface area contributed by atoms with Gasteiger partial charge in [0.2, 0.25) is 0 Å². The molecule has 0 bridgehead atoms. The van der Waals surface area contributed by atoms with Crippen LogP contribution in [0.1, 0.15) is 20.8 Å². The van der Waals surface area contributed by atoms with E-state index in [1.807, 2.05) is 20.8 Å². The Bertz CT molecular complexity index is 185. The number of epoxide rings is 1. The van der Waals surface area contributed by atoms with Crippen LogP contribution < -0.4 is 0 Å². The molecular weight excluding hydrogens is 168 g/mol. The molecule has 3 heteroatoms. The van der Waals surface area contributed by atoms with E-state index in [1.54, 1.807) is 0 Å². The fraction of sp³-hybridized carbons (Fsp3) is 0.800. The Morgan fingerprint density at radius 1 is 1.62 bits per heavy atom. The van der Waals surface area contributed by atoms with Crippen molar-refractivity contribution in [3.8, 4) is 0 Å². The summed E-state index contributed by atoms with van der Waals surface area (Å²) in [7, 11) is 0. The second-order valence-corrected chi connectivity index (χ2v) is 3.89. The molecule has 0 aromatic carbocycles. The molecule has 13 heavy (non-hydrogen) atoms. The topological polar surface area (TPSA) is 31.0 Å². The predicted molar refractivity (Wildman–Crippen MR) is 50.5 cm³/mol. The first-order valence-electron chi connectivity index (χ1n) is 4.53.